The van der Waals surface area contributed by atoms with Crippen molar-refractivity contribution in [2.75, 3.05) is 19.8 Å². The summed E-state index contributed by atoms with van der Waals surface area (Å²) < 4.78 is 22.1. The topological polar surface area (TPSA) is 151 Å². The molecule has 55 heavy (non-hydrogen) atoms. The monoisotopic (exact) mass is 803 g/mol. The van der Waals surface area contributed by atoms with Crippen LogP contribution in [0.3, 0.4) is 0 Å². The minimum absolute atomic E-state index is 0.0515. The van der Waals surface area contributed by atoms with Crippen LogP contribution in [0.25, 0.3) is 0 Å². The van der Waals surface area contributed by atoms with E-state index < -0.39 is 38.6 Å². The van der Waals surface area contributed by atoms with E-state index in [4.69, 9.17) is 14.8 Å². The first-order valence-corrected chi connectivity index (χ1v) is 24.9. The highest BCUT2D eigenvalue weighted by atomic mass is 31.2. The smallest absolute Gasteiger partial charge is 0.393 e. The van der Waals surface area contributed by atoms with Crippen LogP contribution in [0.2, 0.25) is 0 Å². The highest BCUT2D eigenvalue weighted by molar-refractivity contribution is 7.47. The van der Waals surface area contributed by atoms with Crippen molar-refractivity contribution in [1.82, 2.24) is 5.32 Å². The van der Waals surface area contributed by atoms with Crippen molar-refractivity contribution >= 4 is 13.7 Å². The third-order valence-electron chi connectivity index (χ3n) is 10.7. The summed E-state index contributed by atoms with van der Waals surface area (Å²) in [6.45, 7) is 3.99. The van der Waals surface area contributed by atoms with E-state index in [1.807, 2.05) is 6.08 Å². The normalized spacial score (nSPS) is 14.7. The molecule has 328 valence electrons. The van der Waals surface area contributed by atoms with Gasteiger partial charge in [-0.15, -0.1) is 0 Å². The average Bonchev–Trinajstić information content (AvgIpc) is 3.16. The zero-order chi connectivity index (χ0) is 40.5. The Kier molecular flexibility index (Phi) is 40.8. The zero-order valence-corrected chi connectivity index (χ0v) is 36.9. The molecule has 0 rings (SSSR count). The van der Waals surface area contributed by atoms with Crippen LogP contribution in [0, 0.1) is 0 Å². The Bertz CT molecular complexity index is 893. The highest BCUT2D eigenvalue weighted by Gasteiger charge is 2.27. The first-order chi connectivity index (χ1) is 26.8. The number of hydrogen-bond acceptors (Lipinski definition) is 7. The number of carbonyl (C=O) groups is 1. The Hall–Kier alpha value is -0.800. The van der Waals surface area contributed by atoms with Gasteiger partial charge in [0, 0.05) is 6.54 Å². The molecular formula is C45H91N2O7P. The van der Waals surface area contributed by atoms with Gasteiger partial charge in [0.15, 0.2) is 0 Å². The van der Waals surface area contributed by atoms with Crippen LogP contribution in [0.5, 0.6) is 0 Å². The number of aliphatic hydroxyl groups is 2. The highest BCUT2D eigenvalue weighted by Crippen LogP contribution is 2.43. The number of allylic oxidation sites excluding steroid dienone is 1. The summed E-state index contributed by atoms with van der Waals surface area (Å²) >= 11 is 0. The molecule has 0 saturated carbocycles. The second-order valence-corrected chi connectivity index (χ2v) is 17.6. The van der Waals surface area contributed by atoms with Crippen molar-refractivity contribution in [2.45, 2.75) is 250 Å². The molecule has 0 aliphatic rings. The van der Waals surface area contributed by atoms with E-state index in [1.165, 1.54) is 167 Å². The Labute approximate surface area is 339 Å². The van der Waals surface area contributed by atoms with Crippen LogP contribution in [0.15, 0.2) is 12.2 Å². The molecule has 0 bridgehead atoms. The van der Waals surface area contributed by atoms with Gasteiger partial charge in [-0.3, -0.25) is 13.8 Å². The lowest BCUT2D eigenvalue weighted by Gasteiger charge is -2.24. The summed E-state index contributed by atoms with van der Waals surface area (Å²) in [7, 11) is -4.39. The molecule has 0 aromatic rings. The first kappa shape index (κ1) is 54.2. The Morgan fingerprint density at radius 2 is 1.00 bits per heavy atom. The summed E-state index contributed by atoms with van der Waals surface area (Å²) in [5.74, 6) is -0.442. The summed E-state index contributed by atoms with van der Waals surface area (Å²) in [5.41, 5.74) is 5.36. The molecule has 0 aliphatic carbocycles. The predicted molar refractivity (Wildman–Crippen MR) is 232 cm³/mol. The van der Waals surface area contributed by atoms with Crippen LogP contribution in [0.1, 0.15) is 232 Å². The molecule has 4 unspecified atom stereocenters. The summed E-state index contributed by atoms with van der Waals surface area (Å²) in [6.07, 6.45) is 43.0. The van der Waals surface area contributed by atoms with E-state index in [-0.39, 0.29) is 19.6 Å². The molecule has 0 fully saturated rings. The second kappa shape index (κ2) is 41.4. The van der Waals surface area contributed by atoms with E-state index in [9.17, 15) is 24.5 Å². The van der Waals surface area contributed by atoms with E-state index in [0.29, 0.717) is 6.42 Å². The number of phosphoric ester groups is 1. The molecule has 10 heteroatoms. The lowest BCUT2D eigenvalue weighted by molar-refractivity contribution is -0.124. The van der Waals surface area contributed by atoms with Crippen molar-refractivity contribution in [2.24, 2.45) is 5.73 Å². The number of hydrogen-bond donors (Lipinski definition) is 5. The van der Waals surface area contributed by atoms with Crippen LogP contribution < -0.4 is 11.1 Å². The Morgan fingerprint density at radius 1 is 0.618 bits per heavy atom. The van der Waals surface area contributed by atoms with E-state index >= 15 is 0 Å². The number of aliphatic hydroxyl groups excluding tert-OH is 2. The largest absolute Gasteiger partial charge is 0.472 e. The summed E-state index contributed by atoms with van der Waals surface area (Å²) in [6, 6.07) is -0.977. The summed E-state index contributed by atoms with van der Waals surface area (Å²) in [5, 5.41) is 24.1. The predicted octanol–water partition coefficient (Wildman–Crippen LogP) is 12.1. The Morgan fingerprint density at radius 3 is 1.40 bits per heavy atom. The SMILES string of the molecule is CCCCCCCCCCCCC/C=C/C(O)C(COP(=O)(O)OCCN)NC(=O)CC(O)CCCCCCCCCCCCCCCCCCCCCC. The molecule has 9 nitrogen and oxygen atoms in total. The molecule has 6 N–H and O–H groups in total. The van der Waals surface area contributed by atoms with E-state index in [1.54, 1.807) is 6.08 Å². The lowest BCUT2D eigenvalue weighted by Crippen LogP contribution is -2.46. The quantitative estimate of drug-likeness (QED) is 0.0232. The first-order valence-electron chi connectivity index (χ1n) is 23.4. The minimum Gasteiger partial charge on any atom is -0.393 e. The van der Waals surface area contributed by atoms with Crippen LogP contribution >= 0.6 is 7.82 Å². The molecule has 0 aromatic carbocycles. The number of unbranched alkanes of at least 4 members (excludes halogenated alkanes) is 30. The van der Waals surface area contributed by atoms with Crippen LogP contribution in [0.4, 0.5) is 0 Å². The fourth-order valence-corrected chi connectivity index (χ4v) is 7.88. The van der Waals surface area contributed by atoms with Gasteiger partial charge in [0.05, 0.1) is 37.9 Å². The fourth-order valence-electron chi connectivity index (χ4n) is 7.12. The number of nitrogens with two attached hydrogens (primary N) is 1. The number of amides is 1. The third kappa shape index (κ3) is 39.8. The number of carbonyl (C=O) groups excluding carboxylic acids is 1. The van der Waals surface area contributed by atoms with Gasteiger partial charge in [0.2, 0.25) is 5.91 Å². The van der Waals surface area contributed by atoms with Gasteiger partial charge in [-0.2, -0.15) is 0 Å². The number of phosphoric acid groups is 1. The van der Waals surface area contributed by atoms with Gasteiger partial charge in [-0.1, -0.05) is 219 Å². The van der Waals surface area contributed by atoms with Gasteiger partial charge in [-0.25, -0.2) is 4.57 Å². The molecule has 0 aromatic heterocycles. The molecule has 0 heterocycles. The van der Waals surface area contributed by atoms with Crippen molar-refractivity contribution < 1.29 is 33.5 Å². The average molecular weight is 803 g/mol. The molecule has 1 amide bonds. The van der Waals surface area contributed by atoms with Crippen molar-refractivity contribution in [3.05, 3.63) is 12.2 Å². The van der Waals surface area contributed by atoms with E-state index in [2.05, 4.69) is 19.2 Å². The van der Waals surface area contributed by atoms with Gasteiger partial charge in [0.25, 0.3) is 0 Å². The minimum atomic E-state index is -4.39. The lowest BCUT2D eigenvalue weighted by atomic mass is 10.0. The van der Waals surface area contributed by atoms with Gasteiger partial charge < -0.3 is 26.2 Å². The zero-order valence-electron chi connectivity index (χ0n) is 36.0. The van der Waals surface area contributed by atoms with Crippen molar-refractivity contribution in [3.8, 4) is 0 Å². The summed E-state index contributed by atoms with van der Waals surface area (Å²) in [4.78, 5) is 22.8. The Balaban J connectivity index is 4.18. The van der Waals surface area contributed by atoms with Crippen molar-refractivity contribution in [1.29, 1.82) is 0 Å². The fraction of sp³-hybridized carbons (Fsp3) is 0.933. The van der Waals surface area contributed by atoms with Crippen LogP contribution in [-0.4, -0.2) is 59.0 Å². The van der Waals surface area contributed by atoms with Crippen molar-refractivity contribution in [3.63, 3.8) is 0 Å². The molecule has 4 atom stereocenters. The van der Waals surface area contributed by atoms with Crippen LogP contribution in [-0.2, 0) is 18.4 Å². The second-order valence-electron chi connectivity index (χ2n) is 16.2. The van der Waals surface area contributed by atoms with E-state index in [0.717, 1.165) is 38.5 Å². The standard InChI is InChI=1S/C45H91N2O7P/c1-3-5-7-9-11-13-15-17-18-19-20-21-22-23-25-26-28-30-32-34-36-42(48)40-45(50)47-43(41-54-55(51,52)53-39-38-46)44(49)37-35-33-31-29-27-24-16-14-12-10-8-6-4-2/h35,37,42-44,48-49H,3-34,36,38-41,46H2,1-2H3,(H,47,50)(H,51,52)/b37-35+. The molecule has 0 saturated heterocycles. The van der Waals surface area contributed by atoms with Gasteiger partial charge in [0.1, 0.15) is 0 Å². The maximum atomic E-state index is 12.8. The molecule has 0 spiro atoms. The maximum Gasteiger partial charge on any atom is 0.472 e. The van der Waals surface area contributed by atoms with Gasteiger partial charge >= 0.3 is 7.82 Å². The number of rotatable bonds is 44. The molecule has 0 aliphatic heterocycles. The number of nitrogens with one attached hydrogen (secondary N) is 1. The van der Waals surface area contributed by atoms with Gasteiger partial charge in [-0.05, 0) is 19.3 Å². The molecule has 0 radical (unpaired) electrons. The maximum absolute atomic E-state index is 12.8. The molecular weight excluding hydrogens is 711 g/mol. The third-order valence-corrected chi connectivity index (χ3v) is 11.7.